The molecule has 1 aliphatic heterocycles. The molecule has 1 saturated carbocycles. The molecule has 5 aromatic rings. The number of anilines is 2. The Morgan fingerprint density at radius 3 is 2.44 bits per heavy atom. The Morgan fingerprint density at radius 2 is 1.71 bits per heavy atom. The molecule has 13 nitrogen and oxygen atoms in total. The molecule has 63 heavy (non-hydrogen) atoms. The number of aromatic nitrogens is 1. The Bertz CT molecular complexity index is 2610. The van der Waals surface area contributed by atoms with E-state index in [0.29, 0.717) is 18.2 Å². The molecule has 3 N–H and O–H groups in total. The number of carbonyl (C=O) groups excluding carboxylic acids is 1. The van der Waals surface area contributed by atoms with E-state index >= 15 is 0 Å². The van der Waals surface area contributed by atoms with Crippen LogP contribution >= 0.6 is 11.6 Å². The summed E-state index contributed by atoms with van der Waals surface area (Å²) in [6.45, 7) is 9.21. The number of fused-ring (bicyclic) bond motifs is 1. The number of carbonyl (C=O) groups is 1. The van der Waals surface area contributed by atoms with E-state index in [4.69, 9.17) is 21.1 Å². The lowest BCUT2D eigenvalue weighted by Crippen LogP contribution is -2.47. The van der Waals surface area contributed by atoms with Crippen molar-refractivity contribution in [1.29, 1.82) is 0 Å². The van der Waals surface area contributed by atoms with Gasteiger partial charge < -0.3 is 24.7 Å². The summed E-state index contributed by atoms with van der Waals surface area (Å²) in [5.41, 5.74) is 5.91. The van der Waals surface area contributed by atoms with Crippen LogP contribution in [0.1, 0.15) is 74.7 Å². The van der Waals surface area contributed by atoms with Crippen LogP contribution in [-0.2, 0) is 14.8 Å². The lowest BCUT2D eigenvalue weighted by atomic mass is 9.72. The summed E-state index contributed by atoms with van der Waals surface area (Å²) in [5, 5.41) is 17.0. The van der Waals surface area contributed by atoms with Gasteiger partial charge in [0.25, 0.3) is 21.6 Å². The lowest BCUT2D eigenvalue weighted by molar-refractivity contribution is -0.384. The average molecular weight is 896 g/mol. The molecule has 3 aliphatic rings. The largest absolute Gasteiger partial charge is 0.456 e. The number of hydrogen-bond acceptors (Lipinski definition) is 10. The number of piperazine rings is 1. The van der Waals surface area contributed by atoms with Crippen LogP contribution in [0.3, 0.4) is 0 Å². The highest BCUT2D eigenvalue weighted by Gasteiger charge is 2.31. The molecule has 4 aromatic carbocycles. The van der Waals surface area contributed by atoms with Gasteiger partial charge in [-0.25, -0.2) is 13.1 Å². The van der Waals surface area contributed by atoms with Gasteiger partial charge in [-0.3, -0.25) is 19.8 Å². The predicted molar refractivity (Wildman–Crippen MR) is 248 cm³/mol. The van der Waals surface area contributed by atoms with Gasteiger partial charge >= 0.3 is 0 Å². The second-order valence-corrected chi connectivity index (χ2v) is 20.0. The monoisotopic (exact) mass is 894 g/mol. The molecule has 332 valence electrons. The molecule has 0 bridgehead atoms. The minimum absolute atomic E-state index is 0.00649. The number of nitrogens with zero attached hydrogens (tertiary/aromatic N) is 3. The molecule has 2 aliphatic carbocycles. The standard InChI is InChI=1S/C48H55ClN6O7S/c1-48(2)20-18-35(42(29-48)33-6-8-36(49)9-7-33)31-53-22-24-54(25-23-53)37-10-15-41(46(27-37)62-39-13-16-43-34(26-39)19-21-50-43)47(56)52-63(59,60)40-14-17-44(45(28-40)55(57)58)51-30-32-4-11-38(61-3)12-5-32/h6-10,13-17,19,21,26-28,32,38,50-51H,4-5,11-12,18,20,22-25,29-31H2,1-3H3,(H,52,56). The predicted octanol–water partition coefficient (Wildman–Crippen LogP) is 10.0. The van der Waals surface area contributed by atoms with Crippen LogP contribution < -0.4 is 19.7 Å². The second-order valence-electron chi connectivity index (χ2n) is 17.8. The smallest absolute Gasteiger partial charge is 0.293 e. The zero-order valence-corrected chi connectivity index (χ0v) is 37.6. The number of nitro benzene ring substituents is 1. The third-order valence-corrected chi connectivity index (χ3v) is 14.5. The Morgan fingerprint density at radius 1 is 0.952 bits per heavy atom. The lowest BCUT2D eigenvalue weighted by Gasteiger charge is -2.39. The van der Waals surface area contributed by atoms with E-state index in [1.54, 1.807) is 31.4 Å². The first-order valence-electron chi connectivity index (χ1n) is 21.7. The maximum absolute atomic E-state index is 14.0. The molecule has 1 aromatic heterocycles. The zero-order chi connectivity index (χ0) is 44.3. The van der Waals surface area contributed by atoms with Crippen LogP contribution in [0.4, 0.5) is 17.1 Å². The number of methoxy groups -OCH3 is 1. The fraction of sp³-hybridized carbons (Fsp3) is 0.396. The van der Waals surface area contributed by atoms with Crippen molar-refractivity contribution >= 4 is 61.1 Å². The van der Waals surface area contributed by atoms with E-state index in [-0.39, 0.29) is 28.5 Å². The fourth-order valence-corrected chi connectivity index (χ4v) is 10.3. The van der Waals surface area contributed by atoms with Gasteiger partial charge in [-0.1, -0.05) is 43.2 Å². The van der Waals surface area contributed by atoms with E-state index in [2.05, 4.69) is 50.8 Å². The number of H-pyrrole nitrogens is 1. The van der Waals surface area contributed by atoms with Gasteiger partial charge in [-0.2, -0.15) is 0 Å². The van der Waals surface area contributed by atoms with Crippen molar-refractivity contribution < 1.29 is 27.6 Å². The highest BCUT2D eigenvalue weighted by atomic mass is 35.5. The number of ether oxygens (including phenoxy) is 2. The highest BCUT2D eigenvalue weighted by Crippen LogP contribution is 2.43. The molecule has 1 amide bonds. The Kier molecular flexibility index (Phi) is 13.2. The summed E-state index contributed by atoms with van der Waals surface area (Å²) >= 11 is 6.25. The third kappa shape index (κ3) is 10.5. The topological polar surface area (TPSA) is 159 Å². The first kappa shape index (κ1) is 44.2. The minimum Gasteiger partial charge on any atom is -0.456 e. The van der Waals surface area contributed by atoms with Crippen molar-refractivity contribution in [3.63, 3.8) is 0 Å². The van der Waals surface area contributed by atoms with Gasteiger partial charge in [0.15, 0.2) is 0 Å². The summed E-state index contributed by atoms with van der Waals surface area (Å²) in [4.78, 5) is 33.0. The Balaban J connectivity index is 0.991. The number of aromatic amines is 1. The molecule has 2 fully saturated rings. The van der Waals surface area contributed by atoms with Gasteiger partial charge in [0.1, 0.15) is 17.2 Å². The number of hydrogen-bond donors (Lipinski definition) is 3. The zero-order valence-electron chi connectivity index (χ0n) is 36.0. The summed E-state index contributed by atoms with van der Waals surface area (Å²) in [7, 11) is -2.84. The van der Waals surface area contributed by atoms with Crippen LogP contribution in [-0.4, -0.2) is 81.6 Å². The van der Waals surface area contributed by atoms with Gasteiger partial charge in [0.2, 0.25) is 0 Å². The van der Waals surface area contributed by atoms with Gasteiger partial charge in [0.05, 0.1) is 21.5 Å². The van der Waals surface area contributed by atoms with Crippen molar-refractivity contribution in [1.82, 2.24) is 14.6 Å². The molecular weight excluding hydrogens is 840 g/mol. The number of sulfonamides is 1. The first-order chi connectivity index (χ1) is 30.2. The van der Waals surface area contributed by atoms with E-state index in [1.165, 1.54) is 28.8 Å². The SMILES string of the molecule is COC1CCC(CNc2ccc(S(=O)(=O)NC(=O)c3ccc(N4CCN(CC5=C(c6ccc(Cl)cc6)CC(C)(C)CC5)CC4)cc3Oc3ccc4[nH]ccc4c3)cc2[N+](=O)[O-])CC1. The van der Waals surface area contributed by atoms with E-state index in [9.17, 15) is 23.3 Å². The van der Waals surface area contributed by atoms with Crippen molar-refractivity contribution in [3.8, 4) is 11.5 Å². The molecule has 0 unspecified atom stereocenters. The van der Waals surface area contributed by atoms with Gasteiger partial charge in [-0.05, 0) is 128 Å². The molecule has 0 radical (unpaired) electrons. The Hall–Kier alpha value is -5.41. The number of rotatable bonds is 14. The molecule has 15 heteroatoms. The number of halogens is 1. The Labute approximate surface area is 374 Å². The number of benzene rings is 4. The molecule has 0 spiro atoms. The summed E-state index contributed by atoms with van der Waals surface area (Å²) < 4.78 is 41.5. The van der Waals surface area contributed by atoms with Crippen molar-refractivity contribution in [2.75, 3.05) is 56.6 Å². The maximum atomic E-state index is 14.0. The van der Waals surface area contributed by atoms with E-state index < -0.39 is 31.4 Å². The summed E-state index contributed by atoms with van der Waals surface area (Å²) in [6, 6.07) is 24.4. The van der Waals surface area contributed by atoms with Crippen LogP contribution in [0.2, 0.25) is 5.02 Å². The molecule has 0 atom stereocenters. The average Bonchev–Trinajstić information content (AvgIpc) is 3.75. The molecule has 2 heterocycles. The maximum Gasteiger partial charge on any atom is 0.293 e. The number of allylic oxidation sites excluding steroid dienone is 1. The summed E-state index contributed by atoms with van der Waals surface area (Å²) in [5.74, 6) is 0.0149. The van der Waals surface area contributed by atoms with Crippen LogP contribution in [0.5, 0.6) is 11.5 Å². The van der Waals surface area contributed by atoms with Crippen LogP contribution in [0, 0.1) is 21.4 Å². The summed E-state index contributed by atoms with van der Waals surface area (Å²) in [6.07, 6.45) is 8.94. The van der Waals surface area contributed by atoms with Crippen LogP contribution in [0.25, 0.3) is 16.5 Å². The first-order valence-corrected chi connectivity index (χ1v) is 23.6. The van der Waals surface area contributed by atoms with Gasteiger partial charge in [-0.15, -0.1) is 0 Å². The molecule has 1 saturated heterocycles. The van der Waals surface area contributed by atoms with Gasteiger partial charge in [0, 0.05) is 86.3 Å². The van der Waals surface area contributed by atoms with Crippen molar-refractivity contribution in [3.05, 3.63) is 123 Å². The van der Waals surface area contributed by atoms with Crippen LogP contribution in [0.15, 0.2) is 102 Å². The van der Waals surface area contributed by atoms with E-state index in [1.807, 2.05) is 36.5 Å². The normalized spacial score (nSPS) is 19.5. The molecular formula is C48H55ClN6O7S. The second kappa shape index (κ2) is 18.7. The third-order valence-electron chi connectivity index (χ3n) is 12.9. The quantitative estimate of drug-likeness (QED) is 0.0724. The van der Waals surface area contributed by atoms with Crippen molar-refractivity contribution in [2.45, 2.75) is 69.8 Å². The molecule has 8 rings (SSSR count). The number of nitro groups is 1. The minimum atomic E-state index is -4.55. The van der Waals surface area contributed by atoms with E-state index in [0.717, 1.165) is 105 Å². The highest BCUT2D eigenvalue weighted by molar-refractivity contribution is 7.90. The number of nitrogens with one attached hydrogen (secondary N) is 3. The number of amides is 1. The fourth-order valence-electron chi connectivity index (χ4n) is 9.14. The van der Waals surface area contributed by atoms with Crippen molar-refractivity contribution in [2.24, 2.45) is 11.3 Å².